The number of phenolic OH excluding ortho intramolecular Hbond substituents is 1. The van der Waals surface area contributed by atoms with Gasteiger partial charge in [-0.2, -0.15) is 0 Å². The molecule has 0 aliphatic carbocycles. The molecular weight excluding hydrogens is 424 g/mol. The predicted octanol–water partition coefficient (Wildman–Crippen LogP) is 4.57. The number of aromatic hydroxyl groups is 1. The van der Waals surface area contributed by atoms with Gasteiger partial charge >= 0.3 is 11.9 Å². The maximum atomic E-state index is 11.5. The Balaban J connectivity index is 1.83. The third kappa shape index (κ3) is 6.95. The van der Waals surface area contributed by atoms with Crippen LogP contribution in [0.3, 0.4) is 0 Å². The summed E-state index contributed by atoms with van der Waals surface area (Å²) in [5.74, 6) is -0.293. The fraction of sp³-hybridized carbons (Fsp3) is 0.154. The van der Waals surface area contributed by atoms with Gasteiger partial charge in [0.15, 0.2) is 0 Å². The molecule has 3 rings (SSSR count). The van der Waals surface area contributed by atoms with Crippen molar-refractivity contribution in [3.8, 4) is 23.0 Å². The maximum absolute atomic E-state index is 11.5. The van der Waals surface area contributed by atoms with Gasteiger partial charge in [-0.25, -0.2) is 0 Å². The zero-order chi connectivity index (χ0) is 23.8. The fourth-order valence-electron chi connectivity index (χ4n) is 3.05. The van der Waals surface area contributed by atoms with Crippen LogP contribution < -0.4 is 14.2 Å². The summed E-state index contributed by atoms with van der Waals surface area (Å²) in [7, 11) is 0. The van der Waals surface area contributed by atoms with Crippen LogP contribution in [0.15, 0.2) is 72.8 Å². The van der Waals surface area contributed by atoms with Crippen molar-refractivity contribution in [2.45, 2.75) is 26.6 Å². The Labute approximate surface area is 191 Å². The van der Waals surface area contributed by atoms with Crippen molar-refractivity contribution >= 4 is 18.0 Å². The highest BCUT2D eigenvalue weighted by Gasteiger charge is 2.14. The van der Waals surface area contributed by atoms with E-state index in [0.717, 1.165) is 5.56 Å². The molecule has 0 bridgehead atoms. The first-order valence-corrected chi connectivity index (χ1v) is 10.2. The lowest BCUT2D eigenvalue weighted by Gasteiger charge is -2.15. The number of esters is 2. The lowest BCUT2D eigenvalue weighted by Crippen LogP contribution is -2.05. The van der Waals surface area contributed by atoms with E-state index in [1.807, 2.05) is 30.3 Å². The van der Waals surface area contributed by atoms with Gasteiger partial charge in [-0.15, -0.1) is 0 Å². The largest absolute Gasteiger partial charge is 0.508 e. The molecular formula is C26H24O7. The lowest BCUT2D eigenvalue weighted by atomic mass is 10.1. The van der Waals surface area contributed by atoms with Gasteiger partial charge in [0.25, 0.3) is 0 Å². The summed E-state index contributed by atoms with van der Waals surface area (Å²) in [4.78, 5) is 22.7. The van der Waals surface area contributed by atoms with Gasteiger partial charge in [0, 0.05) is 37.1 Å². The number of benzene rings is 3. The monoisotopic (exact) mass is 448 g/mol. The maximum Gasteiger partial charge on any atom is 0.308 e. The first-order valence-electron chi connectivity index (χ1n) is 10.2. The second-order valence-electron chi connectivity index (χ2n) is 7.19. The quantitative estimate of drug-likeness (QED) is 0.384. The molecule has 0 fully saturated rings. The molecule has 0 aromatic heterocycles. The summed E-state index contributed by atoms with van der Waals surface area (Å²) in [6, 6.07) is 18.6. The lowest BCUT2D eigenvalue weighted by molar-refractivity contribution is -0.132. The molecule has 0 amide bonds. The SMILES string of the molecule is CC(=O)Oc1ccc(C=CC(O)c2ccc(O)cc2OCc2ccccc2)c(OC(C)=O)c1. The van der Waals surface area contributed by atoms with Crippen LogP contribution in [-0.4, -0.2) is 22.2 Å². The Hall–Kier alpha value is -4.10. The molecule has 3 aromatic rings. The number of aliphatic hydroxyl groups is 1. The topological polar surface area (TPSA) is 102 Å². The number of carbonyl (C=O) groups excluding carboxylic acids is 2. The van der Waals surface area contributed by atoms with Crippen LogP contribution >= 0.6 is 0 Å². The molecule has 7 heteroatoms. The van der Waals surface area contributed by atoms with E-state index >= 15 is 0 Å². The first kappa shape index (κ1) is 23.6. The molecule has 0 saturated heterocycles. The highest BCUT2D eigenvalue weighted by atomic mass is 16.5. The van der Waals surface area contributed by atoms with Crippen LogP contribution in [0, 0.1) is 0 Å². The number of rotatable bonds is 8. The van der Waals surface area contributed by atoms with Crippen molar-refractivity contribution in [3.63, 3.8) is 0 Å². The van der Waals surface area contributed by atoms with Gasteiger partial charge in [-0.1, -0.05) is 42.5 Å². The van der Waals surface area contributed by atoms with Gasteiger partial charge in [0.1, 0.15) is 35.7 Å². The van der Waals surface area contributed by atoms with Gasteiger partial charge in [-0.3, -0.25) is 9.59 Å². The predicted molar refractivity (Wildman–Crippen MR) is 122 cm³/mol. The number of aliphatic hydroxyl groups excluding tert-OH is 1. The van der Waals surface area contributed by atoms with Crippen LogP contribution in [0.1, 0.15) is 36.6 Å². The normalized spacial score (nSPS) is 11.7. The average Bonchev–Trinajstić information content (AvgIpc) is 2.77. The molecule has 1 atom stereocenters. The summed E-state index contributed by atoms with van der Waals surface area (Å²) in [6.07, 6.45) is 2.00. The van der Waals surface area contributed by atoms with Crippen molar-refractivity contribution in [3.05, 3.63) is 89.5 Å². The third-order valence-electron chi connectivity index (χ3n) is 4.51. The number of carbonyl (C=O) groups is 2. The van der Waals surface area contributed by atoms with Crippen LogP contribution in [0.2, 0.25) is 0 Å². The van der Waals surface area contributed by atoms with E-state index in [1.165, 1.54) is 38.1 Å². The minimum atomic E-state index is -1.07. The molecule has 0 spiro atoms. The molecule has 2 N–H and O–H groups in total. The number of ether oxygens (including phenoxy) is 3. The fourth-order valence-corrected chi connectivity index (χ4v) is 3.05. The Kier molecular flexibility index (Phi) is 7.83. The van der Waals surface area contributed by atoms with Crippen molar-refractivity contribution < 1.29 is 34.0 Å². The van der Waals surface area contributed by atoms with Crippen molar-refractivity contribution in [2.75, 3.05) is 0 Å². The van der Waals surface area contributed by atoms with E-state index in [1.54, 1.807) is 24.3 Å². The third-order valence-corrected chi connectivity index (χ3v) is 4.51. The number of hydrogen-bond acceptors (Lipinski definition) is 7. The molecule has 0 radical (unpaired) electrons. The molecule has 0 aliphatic heterocycles. The standard InChI is InChI=1S/C26H24O7/c1-17(27)32-22-11-8-20(25(15-22)33-18(2)28)9-13-24(30)23-12-10-21(29)14-26(23)31-16-19-6-4-3-5-7-19/h3-15,24,29-30H,16H2,1-2H3. The van der Waals surface area contributed by atoms with E-state index < -0.39 is 18.0 Å². The van der Waals surface area contributed by atoms with Gasteiger partial charge < -0.3 is 24.4 Å². The first-order chi connectivity index (χ1) is 15.8. The van der Waals surface area contributed by atoms with Crippen molar-refractivity contribution in [1.82, 2.24) is 0 Å². The zero-order valence-electron chi connectivity index (χ0n) is 18.2. The Morgan fingerprint density at radius 3 is 2.33 bits per heavy atom. The van der Waals surface area contributed by atoms with E-state index in [2.05, 4.69) is 0 Å². The molecule has 0 heterocycles. The highest BCUT2D eigenvalue weighted by molar-refractivity contribution is 5.74. The summed E-state index contributed by atoms with van der Waals surface area (Å²) in [5.41, 5.74) is 1.88. The smallest absolute Gasteiger partial charge is 0.308 e. The Morgan fingerprint density at radius 1 is 0.909 bits per heavy atom. The Bertz CT molecular complexity index is 1150. The van der Waals surface area contributed by atoms with Crippen LogP contribution in [0.25, 0.3) is 6.08 Å². The average molecular weight is 448 g/mol. The molecule has 33 heavy (non-hydrogen) atoms. The van der Waals surface area contributed by atoms with E-state index in [9.17, 15) is 19.8 Å². The van der Waals surface area contributed by atoms with E-state index in [0.29, 0.717) is 16.9 Å². The molecule has 170 valence electrons. The van der Waals surface area contributed by atoms with Crippen molar-refractivity contribution in [1.29, 1.82) is 0 Å². The summed E-state index contributed by atoms with van der Waals surface area (Å²) < 4.78 is 16.1. The minimum absolute atomic E-state index is 0.0104. The van der Waals surface area contributed by atoms with Crippen LogP contribution in [0.4, 0.5) is 0 Å². The summed E-state index contributed by atoms with van der Waals surface area (Å²) in [6.45, 7) is 2.79. The van der Waals surface area contributed by atoms with Crippen molar-refractivity contribution in [2.24, 2.45) is 0 Å². The summed E-state index contributed by atoms with van der Waals surface area (Å²) in [5, 5.41) is 20.6. The molecule has 1 unspecified atom stereocenters. The summed E-state index contributed by atoms with van der Waals surface area (Å²) >= 11 is 0. The number of phenols is 1. The van der Waals surface area contributed by atoms with Gasteiger partial charge in [-0.05, 0) is 29.8 Å². The minimum Gasteiger partial charge on any atom is -0.508 e. The highest BCUT2D eigenvalue weighted by Crippen LogP contribution is 2.32. The number of hydrogen-bond donors (Lipinski definition) is 2. The van der Waals surface area contributed by atoms with Crippen LogP contribution in [-0.2, 0) is 16.2 Å². The zero-order valence-corrected chi connectivity index (χ0v) is 18.2. The Morgan fingerprint density at radius 2 is 1.64 bits per heavy atom. The molecule has 0 saturated carbocycles. The van der Waals surface area contributed by atoms with E-state index in [-0.39, 0.29) is 23.9 Å². The molecule has 0 aliphatic rings. The van der Waals surface area contributed by atoms with Crippen LogP contribution in [0.5, 0.6) is 23.0 Å². The van der Waals surface area contributed by atoms with Gasteiger partial charge in [0.05, 0.1) is 0 Å². The molecule has 7 nitrogen and oxygen atoms in total. The van der Waals surface area contributed by atoms with Gasteiger partial charge in [0.2, 0.25) is 0 Å². The second-order valence-corrected chi connectivity index (χ2v) is 7.19. The molecule has 3 aromatic carbocycles. The van der Waals surface area contributed by atoms with E-state index in [4.69, 9.17) is 14.2 Å². The second kappa shape index (κ2) is 11.0.